The minimum absolute atomic E-state index is 0.0416. The summed E-state index contributed by atoms with van der Waals surface area (Å²) in [5.41, 5.74) is 3.56. The number of fused-ring (bicyclic) bond motifs is 1. The summed E-state index contributed by atoms with van der Waals surface area (Å²) in [5, 5.41) is 4.17. The van der Waals surface area contributed by atoms with Gasteiger partial charge in [0.1, 0.15) is 11.4 Å². The highest BCUT2D eigenvalue weighted by molar-refractivity contribution is 6.00. The molecule has 0 spiro atoms. The zero-order valence-electron chi connectivity index (χ0n) is 16.4. The Kier molecular flexibility index (Phi) is 5.19. The fourth-order valence-corrected chi connectivity index (χ4v) is 3.49. The van der Waals surface area contributed by atoms with E-state index < -0.39 is 24.8 Å². The number of aryl methyl sites for hydroxylation is 1. The SMILES string of the molecule is Cc1c(-c2ccc(CN3Cc4ccnc(OCC(F)F)c4C3=O)c(F)c2)cnn1C. The van der Waals surface area contributed by atoms with Gasteiger partial charge in [-0.1, -0.05) is 12.1 Å². The quantitative estimate of drug-likeness (QED) is 0.615. The second-order valence-electron chi connectivity index (χ2n) is 7.09. The Balaban J connectivity index is 1.54. The highest BCUT2D eigenvalue weighted by atomic mass is 19.3. The molecule has 156 valence electrons. The topological polar surface area (TPSA) is 60.3 Å². The molecule has 30 heavy (non-hydrogen) atoms. The smallest absolute Gasteiger partial charge is 0.272 e. The van der Waals surface area contributed by atoms with E-state index in [0.29, 0.717) is 16.7 Å². The third-order valence-corrected chi connectivity index (χ3v) is 5.17. The summed E-state index contributed by atoms with van der Waals surface area (Å²) in [4.78, 5) is 18.1. The maximum atomic E-state index is 14.8. The minimum atomic E-state index is -2.67. The van der Waals surface area contributed by atoms with Gasteiger partial charge in [0.25, 0.3) is 12.3 Å². The lowest BCUT2D eigenvalue weighted by molar-refractivity contribution is 0.0718. The average molecular weight is 416 g/mol. The molecule has 0 N–H and O–H groups in total. The van der Waals surface area contributed by atoms with Gasteiger partial charge in [0.05, 0.1) is 6.20 Å². The van der Waals surface area contributed by atoms with Crippen LogP contribution in [0.15, 0.2) is 36.7 Å². The fraction of sp³-hybridized carbons (Fsp3) is 0.286. The van der Waals surface area contributed by atoms with Crippen LogP contribution in [-0.4, -0.2) is 38.6 Å². The summed E-state index contributed by atoms with van der Waals surface area (Å²) in [6.45, 7) is 1.32. The molecule has 3 heterocycles. The van der Waals surface area contributed by atoms with Gasteiger partial charge in [-0.2, -0.15) is 5.10 Å². The maximum Gasteiger partial charge on any atom is 0.272 e. The van der Waals surface area contributed by atoms with E-state index in [1.54, 1.807) is 29.1 Å². The Bertz CT molecular complexity index is 1110. The highest BCUT2D eigenvalue weighted by Gasteiger charge is 2.32. The first-order chi connectivity index (χ1) is 14.3. The number of carbonyl (C=O) groups is 1. The molecule has 0 atom stereocenters. The van der Waals surface area contributed by atoms with E-state index >= 15 is 0 Å². The van der Waals surface area contributed by atoms with Crippen molar-refractivity contribution in [2.24, 2.45) is 7.05 Å². The fourth-order valence-electron chi connectivity index (χ4n) is 3.49. The van der Waals surface area contributed by atoms with E-state index in [4.69, 9.17) is 4.74 Å². The zero-order chi connectivity index (χ0) is 21.4. The molecular formula is C21H19F3N4O2. The zero-order valence-corrected chi connectivity index (χ0v) is 16.4. The first-order valence-electron chi connectivity index (χ1n) is 9.30. The van der Waals surface area contributed by atoms with E-state index in [1.165, 1.54) is 17.2 Å². The summed E-state index contributed by atoms with van der Waals surface area (Å²) in [7, 11) is 1.81. The van der Waals surface area contributed by atoms with Crippen molar-refractivity contribution >= 4 is 5.91 Å². The number of benzene rings is 1. The van der Waals surface area contributed by atoms with Gasteiger partial charge in [-0.15, -0.1) is 0 Å². The molecule has 2 aromatic heterocycles. The molecule has 0 aliphatic carbocycles. The number of ether oxygens (including phenoxy) is 1. The first kappa shape index (κ1) is 19.9. The second kappa shape index (κ2) is 7.81. The van der Waals surface area contributed by atoms with Crippen molar-refractivity contribution in [3.63, 3.8) is 0 Å². The molecular weight excluding hydrogens is 397 g/mol. The minimum Gasteiger partial charge on any atom is -0.471 e. The molecule has 9 heteroatoms. The van der Waals surface area contributed by atoms with Gasteiger partial charge < -0.3 is 9.64 Å². The van der Waals surface area contributed by atoms with Crippen LogP contribution in [-0.2, 0) is 20.1 Å². The maximum absolute atomic E-state index is 14.8. The molecule has 0 saturated heterocycles. The van der Waals surface area contributed by atoms with Gasteiger partial charge in [0, 0.05) is 43.2 Å². The summed E-state index contributed by atoms with van der Waals surface area (Å²) < 4.78 is 46.4. The van der Waals surface area contributed by atoms with Crippen LogP contribution in [0.2, 0.25) is 0 Å². The van der Waals surface area contributed by atoms with Crippen LogP contribution in [0.3, 0.4) is 0 Å². The molecule has 1 aliphatic rings. The number of halogens is 3. The molecule has 0 saturated carbocycles. The molecule has 1 aliphatic heterocycles. The molecule has 4 rings (SSSR count). The van der Waals surface area contributed by atoms with Gasteiger partial charge in [-0.3, -0.25) is 9.48 Å². The Morgan fingerprint density at radius 1 is 1.27 bits per heavy atom. The summed E-state index contributed by atoms with van der Waals surface area (Å²) in [6, 6.07) is 6.48. The lowest BCUT2D eigenvalue weighted by Gasteiger charge is -2.16. The van der Waals surface area contributed by atoms with Crippen LogP contribution >= 0.6 is 0 Å². The van der Waals surface area contributed by atoms with Crippen molar-refractivity contribution in [1.82, 2.24) is 19.7 Å². The summed E-state index contributed by atoms with van der Waals surface area (Å²) in [6.07, 6.45) is 0.409. The monoisotopic (exact) mass is 416 g/mol. The largest absolute Gasteiger partial charge is 0.471 e. The molecule has 6 nitrogen and oxygen atoms in total. The van der Waals surface area contributed by atoms with Crippen LogP contribution < -0.4 is 4.74 Å². The van der Waals surface area contributed by atoms with Gasteiger partial charge in [-0.25, -0.2) is 18.2 Å². The van der Waals surface area contributed by atoms with Crippen LogP contribution in [0.1, 0.15) is 27.2 Å². The molecule has 3 aromatic rings. The lowest BCUT2D eigenvalue weighted by atomic mass is 10.0. The Labute approximate surface area is 170 Å². The van der Waals surface area contributed by atoms with Gasteiger partial charge >= 0.3 is 0 Å². The van der Waals surface area contributed by atoms with Gasteiger partial charge in [0.15, 0.2) is 6.61 Å². The number of aromatic nitrogens is 3. The van der Waals surface area contributed by atoms with E-state index in [2.05, 4.69) is 10.1 Å². The third kappa shape index (κ3) is 3.62. The Morgan fingerprint density at radius 3 is 2.73 bits per heavy atom. The number of alkyl halides is 2. The summed E-state index contributed by atoms with van der Waals surface area (Å²) in [5.74, 6) is -0.982. The number of rotatable bonds is 6. The van der Waals surface area contributed by atoms with E-state index in [0.717, 1.165) is 11.3 Å². The number of amides is 1. The number of carbonyl (C=O) groups excluding carboxylic acids is 1. The molecule has 0 unspecified atom stereocenters. The standard InChI is InChI=1S/C21H19F3N4O2/c1-12-16(8-26-27(12)2)13-3-4-14(17(22)7-13)9-28-10-15-5-6-25-20(19(15)21(28)29)30-11-18(23)24/h3-8,18H,9-11H2,1-2H3. The summed E-state index contributed by atoms with van der Waals surface area (Å²) >= 11 is 0. The van der Waals surface area contributed by atoms with E-state index in [9.17, 15) is 18.0 Å². The average Bonchev–Trinajstić information content (AvgIpc) is 3.21. The van der Waals surface area contributed by atoms with Gasteiger partial charge in [0.2, 0.25) is 5.88 Å². The third-order valence-electron chi connectivity index (χ3n) is 5.17. The first-order valence-corrected chi connectivity index (χ1v) is 9.30. The van der Waals surface area contributed by atoms with Crippen LogP contribution in [0.5, 0.6) is 5.88 Å². The van der Waals surface area contributed by atoms with Crippen LogP contribution in [0, 0.1) is 12.7 Å². The van der Waals surface area contributed by atoms with Crippen molar-refractivity contribution in [1.29, 1.82) is 0 Å². The molecule has 0 fully saturated rings. The van der Waals surface area contributed by atoms with Crippen LogP contribution in [0.25, 0.3) is 11.1 Å². The second-order valence-corrected chi connectivity index (χ2v) is 7.09. The van der Waals surface area contributed by atoms with Crippen molar-refractivity contribution < 1.29 is 22.7 Å². The predicted octanol–water partition coefficient (Wildman–Crippen LogP) is 3.73. The predicted molar refractivity (Wildman–Crippen MR) is 103 cm³/mol. The number of nitrogens with zero attached hydrogens (tertiary/aromatic N) is 4. The Morgan fingerprint density at radius 2 is 2.07 bits per heavy atom. The highest BCUT2D eigenvalue weighted by Crippen LogP contribution is 2.31. The number of hydrogen-bond donors (Lipinski definition) is 0. The molecule has 1 amide bonds. The number of pyridine rings is 1. The normalized spacial score (nSPS) is 13.3. The molecule has 0 bridgehead atoms. The molecule has 1 aromatic carbocycles. The van der Waals surface area contributed by atoms with Crippen molar-refractivity contribution in [3.05, 3.63) is 64.9 Å². The van der Waals surface area contributed by atoms with Crippen molar-refractivity contribution in [3.8, 4) is 17.0 Å². The van der Waals surface area contributed by atoms with E-state index in [-0.39, 0.29) is 24.5 Å². The van der Waals surface area contributed by atoms with Crippen molar-refractivity contribution in [2.45, 2.75) is 26.4 Å². The molecule has 0 radical (unpaired) electrons. The number of hydrogen-bond acceptors (Lipinski definition) is 4. The Hall–Kier alpha value is -3.36. The van der Waals surface area contributed by atoms with Crippen molar-refractivity contribution in [2.75, 3.05) is 6.61 Å². The van der Waals surface area contributed by atoms with E-state index in [1.807, 2.05) is 14.0 Å². The van der Waals surface area contributed by atoms with Crippen LogP contribution in [0.4, 0.5) is 13.2 Å². The lowest BCUT2D eigenvalue weighted by Crippen LogP contribution is -2.24. The van der Waals surface area contributed by atoms with Gasteiger partial charge in [-0.05, 0) is 30.2 Å².